The van der Waals surface area contributed by atoms with Gasteiger partial charge in [0.1, 0.15) is 6.04 Å². The lowest BCUT2D eigenvalue weighted by atomic mass is 10.0. The Morgan fingerprint density at radius 1 is 1.47 bits per heavy atom. The van der Waals surface area contributed by atoms with Crippen LogP contribution >= 0.6 is 0 Å². The van der Waals surface area contributed by atoms with Gasteiger partial charge in [0, 0.05) is 18.8 Å². The van der Waals surface area contributed by atoms with Crippen LogP contribution in [0.25, 0.3) is 0 Å². The molecule has 0 aromatic heterocycles. The normalized spacial score (nSPS) is 20.1. The van der Waals surface area contributed by atoms with Crippen molar-refractivity contribution in [2.24, 2.45) is 0 Å². The fourth-order valence-corrected chi connectivity index (χ4v) is 2.74. The molecule has 0 spiro atoms. The highest BCUT2D eigenvalue weighted by Crippen LogP contribution is 2.28. The van der Waals surface area contributed by atoms with E-state index in [2.05, 4.69) is 36.2 Å². The highest BCUT2D eigenvalue weighted by Gasteiger charge is 2.29. The number of hydrogen-bond acceptors (Lipinski definition) is 3. The maximum absolute atomic E-state index is 12.0. The Bertz CT molecular complexity index is 459. The van der Waals surface area contributed by atoms with E-state index in [-0.39, 0.29) is 12.5 Å². The molecular formula is C15H22N2O2. The van der Waals surface area contributed by atoms with Gasteiger partial charge in [0.25, 0.3) is 0 Å². The number of para-hydroxylation sites is 1. The van der Waals surface area contributed by atoms with Crippen molar-refractivity contribution in [3.63, 3.8) is 0 Å². The van der Waals surface area contributed by atoms with Crippen LogP contribution in [0.2, 0.25) is 0 Å². The van der Waals surface area contributed by atoms with E-state index < -0.39 is 6.04 Å². The molecule has 2 N–H and O–H groups in total. The Balaban J connectivity index is 2.45. The molecule has 1 atom stereocenters. The number of benzene rings is 1. The Labute approximate surface area is 114 Å². The van der Waals surface area contributed by atoms with Crippen LogP contribution in [-0.4, -0.2) is 36.8 Å². The summed E-state index contributed by atoms with van der Waals surface area (Å²) < 4.78 is 0. The summed E-state index contributed by atoms with van der Waals surface area (Å²) in [6, 6.07) is 5.73. The summed E-state index contributed by atoms with van der Waals surface area (Å²) in [4.78, 5) is 14.1. The number of rotatable bonds is 3. The van der Waals surface area contributed by atoms with Crippen molar-refractivity contribution in [1.82, 2.24) is 5.32 Å². The molecule has 1 fully saturated rings. The highest BCUT2D eigenvalue weighted by molar-refractivity contribution is 5.86. The first-order chi connectivity index (χ1) is 9.19. The summed E-state index contributed by atoms with van der Waals surface area (Å²) in [5.74, 6) is -0.0784. The van der Waals surface area contributed by atoms with Crippen LogP contribution in [0.1, 0.15) is 24.5 Å². The average molecular weight is 262 g/mol. The summed E-state index contributed by atoms with van der Waals surface area (Å²) in [6.07, 6.45) is 1.83. The topological polar surface area (TPSA) is 52.6 Å². The number of anilines is 1. The number of hydrogen-bond donors (Lipinski definition) is 2. The molecule has 19 heavy (non-hydrogen) atoms. The largest absolute Gasteiger partial charge is 0.394 e. The van der Waals surface area contributed by atoms with Crippen molar-refractivity contribution in [1.29, 1.82) is 0 Å². The summed E-state index contributed by atoms with van der Waals surface area (Å²) in [7, 11) is 0. The third-order valence-electron chi connectivity index (χ3n) is 3.72. The minimum Gasteiger partial charge on any atom is -0.394 e. The standard InChI is InChI=1S/C15H22N2O2/c1-3-12-7-4-6-11(2)14(12)17-9-5-8-16-15(19)13(17)10-18/h4,6-7,13,18H,3,5,8-10H2,1-2H3,(H,16,19). The van der Waals surface area contributed by atoms with Gasteiger partial charge in [0.2, 0.25) is 5.91 Å². The predicted molar refractivity (Wildman–Crippen MR) is 76.4 cm³/mol. The van der Waals surface area contributed by atoms with Gasteiger partial charge in [-0.3, -0.25) is 4.79 Å². The van der Waals surface area contributed by atoms with Gasteiger partial charge in [-0.15, -0.1) is 0 Å². The van der Waals surface area contributed by atoms with E-state index in [1.54, 1.807) is 0 Å². The van der Waals surface area contributed by atoms with Crippen molar-refractivity contribution in [2.75, 3.05) is 24.6 Å². The molecule has 1 amide bonds. The van der Waals surface area contributed by atoms with Crippen LogP contribution in [0.5, 0.6) is 0 Å². The van der Waals surface area contributed by atoms with Gasteiger partial charge >= 0.3 is 0 Å². The number of nitrogens with zero attached hydrogens (tertiary/aromatic N) is 1. The van der Waals surface area contributed by atoms with E-state index in [0.717, 1.165) is 30.6 Å². The molecule has 0 bridgehead atoms. The molecule has 1 saturated heterocycles. The molecule has 4 nitrogen and oxygen atoms in total. The van der Waals surface area contributed by atoms with Gasteiger partial charge in [0.15, 0.2) is 0 Å². The molecular weight excluding hydrogens is 240 g/mol. The molecule has 1 aliphatic rings. The Morgan fingerprint density at radius 3 is 2.95 bits per heavy atom. The van der Waals surface area contributed by atoms with Crippen molar-refractivity contribution in [2.45, 2.75) is 32.7 Å². The van der Waals surface area contributed by atoms with E-state index in [4.69, 9.17) is 0 Å². The van der Waals surface area contributed by atoms with Gasteiger partial charge in [0.05, 0.1) is 6.61 Å². The Morgan fingerprint density at radius 2 is 2.26 bits per heavy atom. The fraction of sp³-hybridized carbons (Fsp3) is 0.533. The van der Waals surface area contributed by atoms with Crippen molar-refractivity contribution in [3.8, 4) is 0 Å². The summed E-state index contributed by atoms with van der Waals surface area (Å²) in [6.45, 7) is 5.50. The molecule has 0 aliphatic carbocycles. The second-order valence-electron chi connectivity index (χ2n) is 4.97. The maximum Gasteiger partial charge on any atom is 0.245 e. The monoisotopic (exact) mass is 262 g/mol. The smallest absolute Gasteiger partial charge is 0.245 e. The lowest BCUT2D eigenvalue weighted by molar-refractivity contribution is -0.122. The third kappa shape index (κ3) is 2.73. The van der Waals surface area contributed by atoms with Crippen molar-refractivity contribution in [3.05, 3.63) is 29.3 Å². The summed E-state index contributed by atoms with van der Waals surface area (Å²) >= 11 is 0. The van der Waals surface area contributed by atoms with Crippen LogP contribution < -0.4 is 10.2 Å². The SMILES string of the molecule is CCc1cccc(C)c1N1CCCNC(=O)C1CO. The number of nitrogens with one attached hydrogen (secondary N) is 1. The van der Waals surface area contributed by atoms with Gasteiger partial charge in [-0.25, -0.2) is 0 Å². The van der Waals surface area contributed by atoms with Crippen molar-refractivity contribution < 1.29 is 9.90 Å². The number of carbonyl (C=O) groups excluding carboxylic acids is 1. The molecule has 1 heterocycles. The minimum absolute atomic E-state index is 0.0784. The minimum atomic E-state index is -0.478. The van der Waals surface area contributed by atoms with Crippen molar-refractivity contribution >= 4 is 11.6 Å². The molecule has 1 aromatic rings. The van der Waals surface area contributed by atoms with Gasteiger partial charge in [-0.05, 0) is 30.9 Å². The third-order valence-corrected chi connectivity index (χ3v) is 3.72. The predicted octanol–water partition coefficient (Wildman–Crippen LogP) is 1.24. The lowest BCUT2D eigenvalue weighted by Crippen LogP contribution is -2.47. The Hall–Kier alpha value is -1.55. The first-order valence-corrected chi connectivity index (χ1v) is 6.92. The zero-order chi connectivity index (χ0) is 13.8. The molecule has 4 heteroatoms. The molecule has 2 rings (SSSR count). The van der Waals surface area contributed by atoms with E-state index in [1.807, 2.05) is 6.07 Å². The quantitative estimate of drug-likeness (QED) is 0.862. The zero-order valence-electron chi connectivity index (χ0n) is 11.6. The first-order valence-electron chi connectivity index (χ1n) is 6.92. The molecule has 1 unspecified atom stereocenters. The molecule has 0 saturated carbocycles. The van der Waals surface area contributed by atoms with Crippen LogP contribution in [0.3, 0.4) is 0 Å². The second kappa shape index (κ2) is 6.06. The van der Waals surface area contributed by atoms with Crippen LogP contribution in [0.15, 0.2) is 18.2 Å². The van der Waals surface area contributed by atoms with E-state index >= 15 is 0 Å². The number of aliphatic hydroxyl groups excluding tert-OH is 1. The van der Waals surface area contributed by atoms with Crippen LogP contribution in [0.4, 0.5) is 5.69 Å². The fourth-order valence-electron chi connectivity index (χ4n) is 2.74. The Kier molecular flexibility index (Phi) is 4.43. The number of carbonyl (C=O) groups is 1. The van der Waals surface area contributed by atoms with Gasteiger partial charge in [-0.2, -0.15) is 0 Å². The average Bonchev–Trinajstić information content (AvgIpc) is 2.59. The van der Waals surface area contributed by atoms with Crippen LogP contribution in [0, 0.1) is 6.92 Å². The summed E-state index contributed by atoms with van der Waals surface area (Å²) in [5.41, 5.74) is 3.50. The van der Waals surface area contributed by atoms with Gasteiger partial charge in [-0.1, -0.05) is 25.1 Å². The first kappa shape index (κ1) is 13.9. The molecule has 0 radical (unpaired) electrons. The zero-order valence-corrected chi connectivity index (χ0v) is 11.6. The van der Waals surface area contributed by atoms with E-state index in [0.29, 0.717) is 6.54 Å². The number of aliphatic hydroxyl groups is 1. The summed E-state index contributed by atoms with van der Waals surface area (Å²) in [5, 5.41) is 12.4. The van der Waals surface area contributed by atoms with E-state index in [1.165, 1.54) is 5.56 Å². The molecule has 104 valence electrons. The van der Waals surface area contributed by atoms with Crippen LogP contribution in [-0.2, 0) is 11.2 Å². The highest BCUT2D eigenvalue weighted by atomic mass is 16.3. The van der Waals surface area contributed by atoms with Gasteiger partial charge < -0.3 is 15.3 Å². The maximum atomic E-state index is 12.0. The number of amides is 1. The van der Waals surface area contributed by atoms with E-state index in [9.17, 15) is 9.90 Å². The molecule has 1 aromatic carbocycles. The second-order valence-corrected chi connectivity index (χ2v) is 4.97. The molecule has 1 aliphatic heterocycles. The number of aryl methyl sites for hydroxylation is 2. The lowest BCUT2D eigenvalue weighted by Gasteiger charge is -2.32.